The molecular formula is C22H32N2. The number of H-pyrrole nitrogens is 1. The molecule has 3 rings (SSSR count). The molecule has 3 atom stereocenters. The summed E-state index contributed by atoms with van der Waals surface area (Å²) >= 11 is 0. The van der Waals surface area contributed by atoms with Crippen molar-refractivity contribution < 1.29 is 0 Å². The fourth-order valence-corrected chi connectivity index (χ4v) is 4.42. The van der Waals surface area contributed by atoms with E-state index in [1.807, 2.05) is 0 Å². The zero-order chi connectivity index (χ0) is 16.9. The van der Waals surface area contributed by atoms with E-state index in [9.17, 15) is 0 Å². The predicted octanol–water partition coefficient (Wildman–Crippen LogP) is 5.41. The van der Waals surface area contributed by atoms with Crippen LogP contribution in [0.4, 0.5) is 0 Å². The number of aromatic amines is 1. The smallest absolute Gasteiger partial charge is 0.0456 e. The third-order valence-electron chi connectivity index (χ3n) is 5.85. The Morgan fingerprint density at radius 3 is 2.92 bits per heavy atom. The maximum atomic E-state index is 3.40. The van der Waals surface area contributed by atoms with Crippen LogP contribution in [-0.4, -0.2) is 29.0 Å². The molecule has 2 heterocycles. The Bertz CT molecular complexity index is 669. The molecule has 24 heavy (non-hydrogen) atoms. The monoisotopic (exact) mass is 324 g/mol. The number of benzene rings is 1. The molecule has 130 valence electrons. The number of aryl methyl sites for hydroxylation is 1. The van der Waals surface area contributed by atoms with Crippen molar-refractivity contribution in [1.82, 2.24) is 9.88 Å². The maximum Gasteiger partial charge on any atom is 0.0456 e. The Morgan fingerprint density at radius 1 is 1.29 bits per heavy atom. The van der Waals surface area contributed by atoms with Crippen LogP contribution in [0.3, 0.4) is 0 Å². The van der Waals surface area contributed by atoms with Crippen LogP contribution < -0.4 is 0 Å². The molecule has 1 aromatic carbocycles. The first-order valence-corrected chi connectivity index (χ1v) is 9.64. The number of hydrogen-bond acceptors (Lipinski definition) is 1. The summed E-state index contributed by atoms with van der Waals surface area (Å²) in [6.45, 7) is 9.37. The van der Waals surface area contributed by atoms with Gasteiger partial charge in [0.05, 0.1) is 0 Å². The largest absolute Gasteiger partial charge is 0.361 e. The van der Waals surface area contributed by atoms with Gasteiger partial charge in [-0.1, -0.05) is 43.7 Å². The topological polar surface area (TPSA) is 19.0 Å². The van der Waals surface area contributed by atoms with E-state index in [0.29, 0.717) is 0 Å². The van der Waals surface area contributed by atoms with Gasteiger partial charge in [-0.05, 0) is 63.1 Å². The summed E-state index contributed by atoms with van der Waals surface area (Å²) in [5.41, 5.74) is 2.73. The number of para-hydroxylation sites is 1. The van der Waals surface area contributed by atoms with E-state index < -0.39 is 0 Å². The fraction of sp³-hybridized carbons (Fsp3) is 0.545. The zero-order valence-electron chi connectivity index (χ0n) is 15.5. The van der Waals surface area contributed by atoms with E-state index in [1.54, 1.807) is 0 Å². The average Bonchev–Trinajstić information content (AvgIpc) is 3.01. The molecule has 0 radical (unpaired) electrons. The second kappa shape index (κ2) is 8.02. The third-order valence-corrected chi connectivity index (χ3v) is 5.85. The second-order valence-corrected chi connectivity index (χ2v) is 7.40. The van der Waals surface area contributed by atoms with E-state index in [4.69, 9.17) is 0 Å². The van der Waals surface area contributed by atoms with Crippen molar-refractivity contribution in [2.24, 2.45) is 11.8 Å². The van der Waals surface area contributed by atoms with E-state index in [2.05, 4.69) is 73.3 Å². The molecule has 2 aromatic rings. The Labute approximate surface area is 146 Å². The van der Waals surface area contributed by atoms with Crippen molar-refractivity contribution in [3.63, 3.8) is 0 Å². The SMILES string of the molecule is C/C=C\C1CN(CCCc2c[nH]c3ccccc23)C(C)CC1CC. The Kier molecular flexibility index (Phi) is 5.78. The number of allylic oxidation sites excluding steroid dienone is 1. The molecule has 0 aliphatic carbocycles. The second-order valence-electron chi connectivity index (χ2n) is 7.40. The van der Waals surface area contributed by atoms with E-state index in [1.165, 1.54) is 55.2 Å². The fourth-order valence-electron chi connectivity index (χ4n) is 4.42. The number of aromatic nitrogens is 1. The molecule has 1 saturated heterocycles. The lowest BCUT2D eigenvalue weighted by molar-refractivity contribution is 0.0876. The molecule has 0 spiro atoms. The molecule has 3 unspecified atom stereocenters. The zero-order valence-corrected chi connectivity index (χ0v) is 15.5. The Balaban J connectivity index is 1.57. The van der Waals surface area contributed by atoms with Gasteiger partial charge in [0, 0.05) is 29.7 Å². The summed E-state index contributed by atoms with van der Waals surface area (Å²) in [6.07, 6.45) is 11.9. The minimum absolute atomic E-state index is 0.722. The van der Waals surface area contributed by atoms with Crippen LogP contribution in [0.2, 0.25) is 0 Å². The molecule has 1 aliphatic heterocycles. The van der Waals surface area contributed by atoms with Crippen LogP contribution in [0.25, 0.3) is 10.9 Å². The quantitative estimate of drug-likeness (QED) is 0.704. The summed E-state index contributed by atoms with van der Waals surface area (Å²) in [6, 6.07) is 9.36. The molecule has 1 N–H and O–H groups in total. The standard InChI is InChI=1S/C22H32N2/c1-4-9-20-16-24(17(3)14-18(20)5-2)13-8-10-19-15-23-22-12-7-6-11-21(19)22/h4,6-7,9,11-12,15,17-18,20,23H,5,8,10,13-14,16H2,1-3H3/b9-4-. The first kappa shape index (κ1) is 17.3. The number of fused-ring (bicyclic) bond motifs is 1. The van der Waals surface area contributed by atoms with Gasteiger partial charge in [0.1, 0.15) is 0 Å². The number of rotatable bonds is 6. The Morgan fingerprint density at radius 2 is 2.12 bits per heavy atom. The average molecular weight is 325 g/mol. The molecule has 1 fully saturated rings. The number of piperidine rings is 1. The number of likely N-dealkylation sites (tertiary alicyclic amines) is 1. The van der Waals surface area contributed by atoms with Crippen molar-refractivity contribution in [1.29, 1.82) is 0 Å². The van der Waals surface area contributed by atoms with Gasteiger partial charge < -0.3 is 9.88 Å². The maximum absolute atomic E-state index is 3.40. The molecule has 0 bridgehead atoms. The molecule has 2 nitrogen and oxygen atoms in total. The van der Waals surface area contributed by atoms with E-state index >= 15 is 0 Å². The summed E-state index contributed by atoms with van der Waals surface area (Å²) in [4.78, 5) is 6.11. The van der Waals surface area contributed by atoms with Gasteiger partial charge in [-0.15, -0.1) is 0 Å². The van der Waals surface area contributed by atoms with Gasteiger partial charge in [-0.25, -0.2) is 0 Å². The van der Waals surface area contributed by atoms with Gasteiger partial charge in [-0.2, -0.15) is 0 Å². The third kappa shape index (κ3) is 3.75. The lowest BCUT2D eigenvalue weighted by atomic mass is 9.80. The van der Waals surface area contributed by atoms with E-state index in [0.717, 1.165) is 17.9 Å². The van der Waals surface area contributed by atoms with Gasteiger partial charge in [0.15, 0.2) is 0 Å². The highest BCUT2D eigenvalue weighted by molar-refractivity contribution is 5.82. The summed E-state index contributed by atoms with van der Waals surface area (Å²) in [7, 11) is 0. The van der Waals surface area contributed by atoms with E-state index in [-0.39, 0.29) is 0 Å². The van der Waals surface area contributed by atoms with Crippen LogP contribution in [-0.2, 0) is 6.42 Å². The first-order chi connectivity index (χ1) is 11.7. The molecule has 1 aliphatic rings. The normalized spacial score (nSPS) is 25.7. The minimum Gasteiger partial charge on any atom is -0.361 e. The van der Waals surface area contributed by atoms with Gasteiger partial charge in [0.2, 0.25) is 0 Å². The molecule has 1 aromatic heterocycles. The number of nitrogens with zero attached hydrogens (tertiary/aromatic N) is 1. The lowest BCUT2D eigenvalue weighted by Crippen LogP contribution is -2.45. The van der Waals surface area contributed by atoms with Crippen LogP contribution in [0.5, 0.6) is 0 Å². The number of nitrogens with one attached hydrogen (secondary N) is 1. The number of hydrogen-bond donors (Lipinski definition) is 1. The van der Waals surface area contributed by atoms with Crippen molar-refractivity contribution in [3.05, 3.63) is 48.2 Å². The van der Waals surface area contributed by atoms with Crippen LogP contribution in [0, 0.1) is 11.8 Å². The summed E-state index contributed by atoms with van der Waals surface area (Å²) in [5, 5.41) is 1.39. The van der Waals surface area contributed by atoms with Crippen molar-refractivity contribution >= 4 is 10.9 Å². The minimum atomic E-state index is 0.722. The van der Waals surface area contributed by atoms with Crippen LogP contribution in [0.15, 0.2) is 42.6 Å². The highest BCUT2D eigenvalue weighted by Gasteiger charge is 2.30. The molecular weight excluding hydrogens is 292 g/mol. The summed E-state index contributed by atoms with van der Waals surface area (Å²) in [5.74, 6) is 1.60. The highest BCUT2D eigenvalue weighted by atomic mass is 15.2. The van der Waals surface area contributed by atoms with Gasteiger partial charge in [0.25, 0.3) is 0 Å². The molecule has 2 heteroatoms. The van der Waals surface area contributed by atoms with Crippen molar-refractivity contribution in [2.45, 2.75) is 52.5 Å². The van der Waals surface area contributed by atoms with Crippen LogP contribution >= 0.6 is 0 Å². The van der Waals surface area contributed by atoms with Crippen molar-refractivity contribution in [2.75, 3.05) is 13.1 Å². The lowest BCUT2D eigenvalue weighted by Gasteiger charge is -2.42. The van der Waals surface area contributed by atoms with Crippen LogP contribution in [0.1, 0.15) is 45.6 Å². The summed E-state index contributed by atoms with van der Waals surface area (Å²) < 4.78 is 0. The van der Waals surface area contributed by atoms with Gasteiger partial charge >= 0.3 is 0 Å². The highest BCUT2D eigenvalue weighted by Crippen LogP contribution is 2.31. The van der Waals surface area contributed by atoms with Gasteiger partial charge in [-0.3, -0.25) is 0 Å². The first-order valence-electron chi connectivity index (χ1n) is 9.64. The van der Waals surface area contributed by atoms with Crippen molar-refractivity contribution in [3.8, 4) is 0 Å². The molecule has 0 saturated carbocycles. The predicted molar refractivity (Wildman–Crippen MR) is 104 cm³/mol. The Hall–Kier alpha value is -1.54. The molecule has 0 amide bonds.